The predicted octanol–water partition coefficient (Wildman–Crippen LogP) is 6.35. The number of aryl methyl sites for hydroxylation is 2. The Balaban J connectivity index is 2.57. The fourth-order valence-electron chi connectivity index (χ4n) is 5.26. The standard InChI is InChI=1S/C36H53N3O6/c1-8-10-11-12-16-24-39(34(42)29(25-28-20-14-13-15-21-28)38-35(43)45-36(5,6)7)32(31-26(3)18-17-19-27(31)4)33(41)37-23-22-30(40)44-9-2/h13-15,17-21,29,32H,8-12,16,22-25H2,1-7H3,(H,37,41)(H,38,43). The molecule has 2 atom stereocenters. The zero-order chi connectivity index (χ0) is 33.4. The molecule has 2 aromatic carbocycles. The molecule has 0 aliphatic rings. The Bertz CT molecular complexity index is 1220. The van der Waals surface area contributed by atoms with E-state index < -0.39 is 35.7 Å². The van der Waals surface area contributed by atoms with Crippen LogP contribution in [0.2, 0.25) is 0 Å². The molecule has 2 N–H and O–H groups in total. The molecule has 2 aromatic rings. The number of carbonyl (C=O) groups is 4. The molecule has 2 rings (SSSR count). The van der Waals surface area contributed by atoms with E-state index in [1.54, 1.807) is 32.6 Å². The largest absolute Gasteiger partial charge is 0.466 e. The van der Waals surface area contributed by atoms with Gasteiger partial charge in [-0.25, -0.2) is 4.79 Å². The summed E-state index contributed by atoms with van der Waals surface area (Å²) in [5.41, 5.74) is 2.55. The molecule has 0 aromatic heterocycles. The smallest absolute Gasteiger partial charge is 0.408 e. The maximum Gasteiger partial charge on any atom is 0.408 e. The van der Waals surface area contributed by atoms with E-state index in [0.717, 1.165) is 47.9 Å². The number of esters is 1. The molecule has 248 valence electrons. The molecule has 45 heavy (non-hydrogen) atoms. The zero-order valence-corrected chi connectivity index (χ0v) is 28.2. The van der Waals surface area contributed by atoms with Crippen LogP contribution in [0.3, 0.4) is 0 Å². The average molecular weight is 624 g/mol. The minimum absolute atomic E-state index is 0.0147. The summed E-state index contributed by atoms with van der Waals surface area (Å²) in [6.07, 6.45) is 4.28. The maximum atomic E-state index is 14.7. The minimum atomic E-state index is -0.989. The molecular formula is C36H53N3O6. The first-order chi connectivity index (χ1) is 21.4. The number of ether oxygens (including phenoxy) is 2. The van der Waals surface area contributed by atoms with Crippen molar-refractivity contribution in [3.8, 4) is 0 Å². The summed E-state index contributed by atoms with van der Waals surface area (Å²) in [6, 6.07) is 13.2. The highest BCUT2D eigenvalue weighted by molar-refractivity contribution is 5.93. The van der Waals surface area contributed by atoms with Gasteiger partial charge in [0.05, 0.1) is 13.0 Å². The molecule has 2 unspecified atom stereocenters. The van der Waals surface area contributed by atoms with Crippen LogP contribution >= 0.6 is 0 Å². The van der Waals surface area contributed by atoms with Gasteiger partial charge in [-0.3, -0.25) is 14.4 Å². The van der Waals surface area contributed by atoms with Crippen molar-refractivity contribution < 1.29 is 28.7 Å². The summed E-state index contributed by atoms with van der Waals surface area (Å²) >= 11 is 0. The number of unbranched alkanes of at least 4 members (excludes halogenated alkanes) is 4. The second kappa shape index (κ2) is 18.8. The van der Waals surface area contributed by atoms with E-state index in [1.807, 2.05) is 62.4 Å². The molecule has 3 amide bonds. The SMILES string of the molecule is CCCCCCCN(C(=O)C(Cc1ccccc1)NC(=O)OC(C)(C)C)C(C(=O)NCCC(=O)OCC)c1c(C)cccc1C. The quantitative estimate of drug-likeness (QED) is 0.157. The van der Waals surface area contributed by atoms with Gasteiger partial charge in [0.15, 0.2) is 0 Å². The highest BCUT2D eigenvalue weighted by Crippen LogP contribution is 2.29. The Hall–Kier alpha value is -3.88. The Labute approximate surface area is 269 Å². The topological polar surface area (TPSA) is 114 Å². The van der Waals surface area contributed by atoms with Gasteiger partial charge in [0.25, 0.3) is 0 Å². The van der Waals surface area contributed by atoms with Gasteiger partial charge < -0.3 is 25.0 Å². The van der Waals surface area contributed by atoms with Crippen molar-refractivity contribution in [1.29, 1.82) is 0 Å². The summed E-state index contributed by atoms with van der Waals surface area (Å²) in [6.45, 7) is 13.7. The number of rotatable bonds is 17. The summed E-state index contributed by atoms with van der Waals surface area (Å²) in [4.78, 5) is 55.4. The number of nitrogens with one attached hydrogen (secondary N) is 2. The van der Waals surface area contributed by atoms with E-state index in [-0.39, 0.29) is 31.9 Å². The lowest BCUT2D eigenvalue weighted by Gasteiger charge is -2.36. The van der Waals surface area contributed by atoms with Crippen molar-refractivity contribution in [3.05, 3.63) is 70.8 Å². The van der Waals surface area contributed by atoms with Crippen molar-refractivity contribution in [2.75, 3.05) is 19.7 Å². The minimum Gasteiger partial charge on any atom is -0.466 e. The van der Waals surface area contributed by atoms with Gasteiger partial charge in [0.2, 0.25) is 11.8 Å². The number of alkyl carbamates (subject to hydrolysis) is 1. The monoisotopic (exact) mass is 623 g/mol. The second-order valence-electron chi connectivity index (χ2n) is 12.4. The van der Waals surface area contributed by atoms with Gasteiger partial charge >= 0.3 is 12.1 Å². The molecule has 9 nitrogen and oxygen atoms in total. The number of benzene rings is 2. The molecule has 0 aliphatic carbocycles. The predicted molar refractivity (Wildman–Crippen MR) is 177 cm³/mol. The van der Waals surface area contributed by atoms with Crippen molar-refractivity contribution in [2.24, 2.45) is 0 Å². The van der Waals surface area contributed by atoms with Crippen LogP contribution in [-0.2, 0) is 30.3 Å². The summed E-state index contributed by atoms with van der Waals surface area (Å²) in [5.74, 6) is -1.18. The van der Waals surface area contributed by atoms with E-state index in [1.165, 1.54) is 0 Å². The maximum absolute atomic E-state index is 14.7. The average Bonchev–Trinajstić information content (AvgIpc) is 2.96. The molecule has 0 saturated heterocycles. The van der Waals surface area contributed by atoms with E-state index in [0.29, 0.717) is 13.0 Å². The van der Waals surface area contributed by atoms with Crippen molar-refractivity contribution in [2.45, 2.75) is 111 Å². The normalized spacial score (nSPS) is 12.5. The van der Waals surface area contributed by atoms with Gasteiger partial charge in [0, 0.05) is 19.5 Å². The number of carbonyl (C=O) groups excluding carboxylic acids is 4. The van der Waals surface area contributed by atoms with E-state index in [2.05, 4.69) is 17.6 Å². The molecule has 0 radical (unpaired) electrons. The molecule has 0 heterocycles. The van der Waals surface area contributed by atoms with Crippen LogP contribution in [0.25, 0.3) is 0 Å². The highest BCUT2D eigenvalue weighted by atomic mass is 16.6. The first kappa shape index (κ1) is 37.3. The Morgan fingerprint density at radius 3 is 2.11 bits per heavy atom. The fraction of sp³-hybridized carbons (Fsp3) is 0.556. The number of amides is 3. The van der Waals surface area contributed by atoms with E-state index in [9.17, 15) is 19.2 Å². The summed E-state index contributed by atoms with van der Waals surface area (Å²) in [5, 5.41) is 5.70. The van der Waals surface area contributed by atoms with Crippen molar-refractivity contribution in [3.63, 3.8) is 0 Å². The highest BCUT2D eigenvalue weighted by Gasteiger charge is 2.37. The summed E-state index contributed by atoms with van der Waals surface area (Å²) < 4.78 is 10.6. The van der Waals surface area contributed by atoms with Gasteiger partial charge in [-0.15, -0.1) is 0 Å². The lowest BCUT2D eigenvalue weighted by atomic mass is 9.93. The van der Waals surface area contributed by atoms with Crippen LogP contribution in [-0.4, -0.2) is 60.1 Å². The Morgan fingerprint density at radius 2 is 1.51 bits per heavy atom. The third-order valence-corrected chi connectivity index (χ3v) is 7.37. The molecular weight excluding hydrogens is 570 g/mol. The summed E-state index contributed by atoms with van der Waals surface area (Å²) in [7, 11) is 0. The molecule has 0 aliphatic heterocycles. The molecule has 0 saturated carbocycles. The van der Waals surface area contributed by atoms with Gasteiger partial charge in [0.1, 0.15) is 17.7 Å². The first-order valence-corrected chi connectivity index (χ1v) is 16.2. The number of hydrogen-bond donors (Lipinski definition) is 2. The third-order valence-electron chi connectivity index (χ3n) is 7.37. The van der Waals surface area contributed by atoms with Crippen LogP contribution in [0.1, 0.15) is 101 Å². The Morgan fingerprint density at radius 1 is 0.867 bits per heavy atom. The van der Waals surface area contributed by atoms with Gasteiger partial charge in [-0.05, 0) is 70.2 Å². The van der Waals surface area contributed by atoms with Crippen LogP contribution in [0.4, 0.5) is 4.79 Å². The van der Waals surface area contributed by atoms with Crippen LogP contribution in [0.5, 0.6) is 0 Å². The molecule has 0 fully saturated rings. The Kier molecular flexibility index (Phi) is 15.6. The fourth-order valence-corrected chi connectivity index (χ4v) is 5.26. The van der Waals surface area contributed by atoms with E-state index >= 15 is 0 Å². The first-order valence-electron chi connectivity index (χ1n) is 16.2. The number of nitrogens with zero attached hydrogens (tertiary/aromatic N) is 1. The molecule has 9 heteroatoms. The van der Waals surface area contributed by atoms with Crippen molar-refractivity contribution >= 4 is 23.9 Å². The lowest BCUT2D eigenvalue weighted by Crippen LogP contribution is -2.54. The number of hydrogen-bond acceptors (Lipinski definition) is 6. The van der Waals surface area contributed by atoms with Crippen LogP contribution < -0.4 is 10.6 Å². The molecule has 0 bridgehead atoms. The third kappa shape index (κ3) is 12.9. The lowest BCUT2D eigenvalue weighted by molar-refractivity contribution is -0.144. The zero-order valence-electron chi connectivity index (χ0n) is 28.2. The van der Waals surface area contributed by atoms with Gasteiger partial charge in [-0.2, -0.15) is 0 Å². The van der Waals surface area contributed by atoms with Crippen LogP contribution in [0.15, 0.2) is 48.5 Å². The van der Waals surface area contributed by atoms with Gasteiger partial charge in [-0.1, -0.05) is 81.1 Å². The van der Waals surface area contributed by atoms with Crippen molar-refractivity contribution in [1.82, 2.24) is 15.5 Å². The van der Waals surface area contributed by atoms with Crippen LogP contribution in [0, 0.1) is 13.8 Å². The molecule has 0 spiro atoms. The van der Waals surface area contributed by atoms with E-state index in [4.69, 9.17) is 9.47 Å². The second-order valence-corrected chi connectivity index (χ2v) is 12.4.